The molecule has 0 N–H and O–H groups in total. The SMILES string of the molecule is C[N+](C)(C)CCCCCCCCOc1cc(/C=C/c2ccc(/C=C/c3cc(OCCCCCCCC[N+](C)(C)C)cc(OCCCCCCCC[N+](C)(C)C)c3)cc2)cc(OCCCCCCCC[N+](C)(C)C)c1. The highest BCUT2D eigenvalue weighted by molar-refractivity contribution is 5.74. The highest BCUT2D eigenvalue weighted by atomic mass is 16.5. The summed E-state index contributed by atoms with van der Waals surface area (Å²) < 4.78 is 29.7. The molecule has 0 saturated carbocycles. The highest BCUT2D eigenvalue weighted by Gasteiger charge is 2.10. The van der Waals surface area contributed by atoms with E-state index in [2.05, 4.69) is 170 Å². The van der Waals surface area contributed by atoms with Crippen LogP contribution in [0.4, 0.5) is 0 Å². The van der Waals surface area contributed by atoms with Gasteiger partial charge in [-0.05, 0) is 124 Å². The van der Waals surface area contributed by atoms with Gasteiger partial charge in [-0.2, -0.15) is 0 Å². The van der Waals surface area contributed by atoms with E-state index in [1.54, 1.807) is 0 Å². The maximum atomic E-state index is 6.37. The van der Waals surface area contributed by atoms with Crippen molar-refractivity contribution >= 4 is 24.3 Å². The third-order valence-electron chi connectivity index (χ3n) is 13.6. The normalized spacial score (nSPS) is 12.6. The van der Waals surface area contributed by atoms with Gasteiger partial charge in [0.2, 0.25) is 0 Å². The lowest BCUT2D eigenvalue weighted by Gasteiger charge is -2.23. The van der Waals surface area contributed by atoms with Crippen LogP contribution in [0.3, 0.4) is 0 Å². The predicted molar refractivity (Wildman–Crippen MR) is 322 cm³/mol. The fourth-order valence-electron chi connectivity index (χ4n) is 9.16. The van der Waals surface area contributed by atoms with Crippen molar-refractivity contribution in [1.82, 2.24) is 0 Å². The molecule has 0 aliphatic rings. The number of benzene rings is 3. The largest absolute Gasteiger partial charge is 0.493 e. The Morgan fingerprint density at radius 1 is 0.243 bits per heavy atom. The molecule has 0 heterocycles. The molecule has 0 unspecified atom stereocenters. The van der Waals surface area contributed by atoms with Gasteiger partial charge in [0.1, 0.15) is 23.0 Å². The van der Waals surface area contributed by atoms with Crippen molar-refractivity contribution in [2.45, 2.75) is 154 Å². The van der Waals surface area contributed by atoms with E-state index in [0.717, 1.165) is 115 Å². The van der Waals surface area contributed by atoms with E-state index in [1.165, 1.54) is 155 Å². The molecule has 8 nitrogen and oxygen atoms in total. The molecular weight excluding hydrogens is 913 g/mol. The molecular formula is C66H114N4O4+4. The fourth-order valence-corrected chi connectivity index (χ4v) is 9.16. The first-order valence-corrected chi connectivity index (χ1v) is 29.7. The second kappa shape index (κ2) is 36.3. The molecule has 0 amide bonds. The Hall–Kier alpha value is -3.82. The summed E-state index contributed by atoms with van der Waals surface area (Å²) >= 11 is 0. The average Bonchev–Trinajstić information content (AvgIpc) is 3.32. The van der Waals surface area contributed by atoms with Crippen LogP contribution in [-0.4, -0.2) is 155 Å². The van der Waals surface area contributed by atoms with Gasteiger partial charge in [0.15, 0.2) is 0 Å². The van der Waals surface area contributed by atoms with Gasteiger partial charge in [0.25, 0.3) is 0 Å². The maximum absolute atomic E-state index is 6.37. The minimum atomic E-state index is 0.732. The molecule has 8 heteroatoms. The van der Waals surface area contributed by atoms with Crippen LogP contribution in [-0.2, 0) is 0 Å². The molecule has 0 aromatic heterocycles. The second-order valence-electron chi connectivity index (χ2n) is 25.7. The van der Waals surface area contributed by atoms with Crippen LogP contribution < -0.4 is 18.9 Å². The van der Waals surface area contributed by atoms with E-state index < -0.39 is 0 Å². The van der Waals surface area contributed by atoms with E-state index in [9.17, 15) is 0 Å². The molecule has 418 valence electrons. The van der Waals surface area contributed by atoms with Gasteiger partial charge < -0.3 is 36.9 Å². The molecule has 3 aromatic carbocycles. The Morgan fingerprint density at radius 2 is 0.432 bits per heavy atom. The zero-order valence-corrected chi connectivity index (χ0v) is 50.1. The summed E-state index contributed by atoms with van der Waals surface area (Å²) in [6, 6.07) is 21.6. The van der Waals surface area contributed by atoms with E-state index in [-0.39, 0.29) is 0 Å². The Bertz CT molecular complexity index is 1710. The highest BCUT2D eigenvalue weighted by Crippen LogP contribution is 2.28. The van der Waals surface area contributed by atoms with Crippen molar-refractivity contribution in [3.8, 4) is 23.0 Å². The summed E-state index contributed by atoms with van der Waals surface area (Å²) in [5, 5.41) is 0. The Kier molecular flexibility index (Phi) is 31.6. The smallest absolute Gasteiger partial charge is 0.123 e. The molecule has 0 bridgehead atoms. The summed E-state index contributed by atoms with van der Waals surface area (Å²) in [6.45, 7) is 7.92. The number of rotatable bonds is 44. The second-order valence-corrected chi connectivity index (χ2v) is 25.7. The van der Waals surface area contributed by atoms with Gasteiger partial charge in [-0.3, -0.25) is 0 Å². The van der Waals surface area contributed by atoms with Crippen molar-refractivity contribution < 1.29 is 36.9 Å². The quantitative estimate of drug-likeness (QED) is 0.0321. The molecule has 0 aliphatic heterocycles. The first-order valence-electron chi connectivity index (χ1n) is 29.7. The van der Waals surface area contributed by atoms with Gasteiger partial charge in [0, 0.05) is 12.1 Å². The molecule has 0 atom stereocenters. The van der Waals surface area contributed by atoms with E-state index >= 15 is 0 Å². The van der Waals surface area contributed by atoms with Gasteiger partial charge in [-0.25, -0.2) is 0 Å². The van der Waals surface area contributed by atoms with E-state index in [1.807, 2.05) is 0 Å². The molecule has 74 heavy (non-hydrogen) atoms. The molecule has 3 aromatic rings. The summed E-state index contributed by atoms with van der Waals surface area (Å²) in [5.74, 6) is 3.56. The van der Waals surface area contributed by atoms with Crippen LogP contribution in [0.5, 0.6) is 23.0 Å². The van der Waals surface area contributed by atoms with Gasteiger partial charge in [-0.15, -0.1) is 0 Å². The summed E-state index contributed by atoms with van der Waals surface area (Å²) in [5.41, 5.74) is 4.48. The van der Waals surface area contributed by atoms with E-state index in [4.69, 9.17) is 18.9 Å². The molecule has 0 spiro atoms. The van der Waals surface area contributed by atoms with Gasteiger partial charge in [-0.1, -0.05) is 126 Å². The third-order valence-corrected chi connectivity index (χ3v) is 13.6. The number of quaternary nitrogens is 4. The van der Waals surface area contributed by atoms with Crippen LogP contribution in [0.15, 0.2) is 60.7 Å². The van der Waals surface area contributed by atoms with Crippen LogP contribution in [0.25, 0.3) is 24.3 Å². The van der Waals surface area contributed by atoms with Gasteiger partial charge in [0.05, 0.1) is 137 Å². The number of hydrogen-bond acceptors (Lipinski definition) is 4. The zero-order chi connectivity index (χ0) is 54.0. The first kappa shape index (κ1) is 64.5. The molecule has 0 aliphatic carbocycles. The van der Waals surface area contributed by atoms with Crippen molar-refractivity contribution in [3.05, 3.63) is 82.9 Å². The fraction of sp³-hybridized carbons (Fsp3) is 0.667. The number of ether oxygens (including phenoxy) is 4. The summed E-state index contributed by atoms with van der Waals surface area (Å²) in [4.78, 5) is 0. The molecule has 3 rings (SSSR count). The lowest BCUT2D eigenvalue weighted by atomic mass is 10.1. The van der Waals surface area contributed by atoms with Gasteiger partial charge >= 0.3 is 0 Å². The lowest BCUT2D eigenvalue weighted by Crippen LogP contribution is -2.35. The Labute approximate surface area is 456 Å². The monoisotopic (exact) mass is 1030 g/mol. The van der Waals surface area contributed by atoms with Crippen LogP contribution >= 0.6 is 0 Å². The lowest BCUT2D eigenvalue weighted by molar-refractivity contribution is -0.870. The van der Waals surface area contributed by atoms with Crippen molar-refractivity contribution in [2.24, 2.45) is 0 Å². The molecule has 0 saturated heterocycles. The molecule has 0 fully saturated rings. The van der Waals surface area contributed by atoms with Crippen molar-refractivity contribution in [3.63, 3.8) is 0 Å². The predicted octanol–water partition coefficient (Wildman–Crippen LogP) is 15.7. The van der Waals surface area contributed by atoms with Crippen LogP contribution in [0.1, 0.15) is 176 Å². The Morgan fingerprint density at radius 3 is 0.649 bits per heavy atom. The van der Waals surface area contributed by atoms with E-state index in [0.29, 0.717) is 0 Å². The topological polar surface area (TPSA) is 36.9 Å². The maximum Gasteiger partial charge on any atom is 0.123 e. The molecule has 0 radical (unpaired) electrons. The van der Waals surface area contributed by atoms with Crippen molar-refractivity contribution in [1.29, 1.82) is 0 Å². The summed E-state index contributed by atoms with van der Waals surface area (Å²) in [6.07, 6.45) is 38.7. The van der Waals surface area contributed by atoms with Crippen LogP contribution in [0, 0.1) is 0 Å². The minimum Gasteiger partial charge on any atom is -0.493 e. The van der Waals surface area contributed by atoms with Crippen molar-refractivity contribution in [2.75, 3.05) is 137 Å². The van der Waals surface area contributed by atoms with Crippen LogP contribution in [0.2, 0.25) is 0 Å². The minimum absolute atomic E-state index is 0.732. The average molecular weight is 1030 g/mol. The number of nitrogens with zero attached hydrogens (tertiary/aromatic N) is 4. The zero-order valence-electron chi connectivity index (χ0n) is 50.1. The Balaban J connectivity index is 1.60. The number of hydrogen-bond donors (Lipinski definition) is 0. The standard InChI is InChI=1S/C66H114N4O4/c1-67(2,3)45-29-21-13-17-25-33-49-71-63-53-61(54-64(57-63)72-50-34-26-18-14-22-30-46-68(4,5)6)43-41-59-37-39-60(40-38-59)42-44-62-55-65(73-51-35-27-19-15-23-31-47-69(7,8)9)58-66(56-62)74-52-36-28-20-16-24-32-48-70(10,11)12/h37-44,53-58H,13-36,45-52H2,1-12H3/q+4/b43-41+,44-42+. The summed E-state index contributed by atoms with van der Waals surface area (Å²) in [7, 11) is 27.4. The number of unbranched alkanes of at least 4 members (excludes halogenated alkanes) is 20. The first-order chi connectivity index (χ1) is 35.2. The third kappa shape index (κ3) is 36.2.